The van der Waals surface area contributed by atoms with Gasteiger partial charge in [-0.25, -0.2) is 0 Å². The first-order chi connectivity index (χ1) is 6.20. The molecule has 0 radical (unpaired) electrons. The van der Waals surface area contributed by atoms with Crippen molar-refractivity contribution >= 4 is 45.1 Å². The molecule has 0 saturated heterocycles. The molecule has 2 aromatic rings. The van der Waals surface area contributed by atoms with Crippen molar-refractivity contribution in [1.29, 1.82) is 0 Å². The van der Waals surface area contributed by atoms with Gasteiger partial charge in [-0.3, -0.25) is 4.98 Å². The topological polar surface area (TPSA) is 33.1 Å². The Bertz CT molecular complexity index is 478. The average molecular weight is 369 g/mol. The molecule has 0 aliphatic carbocycles. The number of aromatic hydroxyl groups is 1. The van der Waals surface area contributed by atoms with E-state index in [4.69, 9.17) is 11.6 Å². The van der Waals surface area contributed by atoms with Crippen molar-refractivity contribution in [3.05, 3.63) is 33.0 Å². The molecule has 0 saturated carbocycles. The van der Waals surface area contributed by atoms with Crippen molar-refractivity contribution in [3.63, 3.8) is 0 Å². The molecule has 0 bridgehead atoms. The standard InChI is InChI=1S/C9H5ClINO.Cu/c10-6-4-7(11)9(13)8-5(6)2-1-3-12-8;/h1-4,13H;/q;+1. The molecule has 14 heavy (non-hydrogen) atoms. The van der Waals surface area contributed by atoms with Crippen molar-refractivity contribution in [2.45, 2.75) is 0 Å². The molecule has 1 aromatic carbocycles. The van der Waals surface area contributed by atoms with Gasteiger partial charge in [-0.05, 0) is 40.8 Å². The quantitative estimate of drug-likeness (QED) is 0.572. The molecule has 0 unspecified atom stereocenters. The SMILES string of the molecule is Oc1c(I)cc(Cl)c2cccnc12.[Cu+]. The Kier molecular flexibility index (Phi) is 4.01. The molecule has 0 atom stereocenters. The van der Waals surface area contributed by atoms with E-state index in [1.54, 1.807) is 18.3 Å². The summed E-state index contributed by atoms with van der Waals surface area (Å²) in [7, 11) is 0. The number of phenols is 1. The molecule has 0 amide bonds. The molecule has 2 nitrogen and oxygen atoms in total. The minimum Gasteiger partial charge on any atom is -0.505 e. The third kappa shape index (κ3) is 1.98. The Morgan fingerprint density at radius 2 is 2.14 bits per heavy atom. The smallest absolute Gasteiger partial charge is 0.505 e. The van der Waals surface area contributed by atoms with Crippen LogP contribution < -0.4 is 0 Å². The molecule has 76 valence electrons. The van der Waals surface area contributed by atoms with Crippen LogP contribution in [0.15, 0.2) is 24.4 Å². The molecule has 0 spiro atoms. The van der Waals surface area contributed by atoms with Crippen LogP contribution in [-0.2, 0) is 17.1 Å². The number of rotatable bonds is 0. The van der Waals surface area contributed by atoms with Gasteiger partial charge in [-0.15, -0.1) is 0 Å². The fourth-order valence-electron chi connectivity index (χ4n) is 1.16. The van der Waals surface area contributed by atoms with Crippen LogP contribution in [0, 0.1) is 3.57 Å². The molecule has 0 aliphatic rings. The van der Waals surface area contributed by atoms with Crippen molar-refractivity contribution in [2.24, 2.45) is 0 Å². The number of nitrogens with zero attached hydrogens (tertiary/aromatic N) is 1. The number of fused-ring (bicyclic) bond motifs is 1. The summed E-state index contributed by atoms with van der Waals surface area (Å²) in [6, 6.07) is 5.35. The normalized spacial score (nSPS) is 9.86. The van der Waals surface area contributed by atoms with Crippen LogP contribution in [0.1, 0.15) is 0 Å². The van der Waals surface area contributed by atoms with Gasteiger partial charge in [0.15, 0.2) is 5.75 Å². The van der Waals surface area contributed by atoms with Crippen LogP contribution in [0.4, 0.5) is 0 Å². The number of benzene rings is 1. The Morgan fingerprint density at radius 3 is 2.86 bits per heavy atom. The van der Waals surface area contributed by atoms with Gasteiger partial charge in [0.2, 0.25) is 0 Å². The molecule has 2 rings (SSSR count). The van der Waals surface area contributed by atoms with E-state index in [-0.39, 0.29) is 22.8 Å². The van der Waals surface area contributed by atoms with E-state index in [1.165, 1.54) is 0 Å². The van der Waals surface area contributed by atoms with E-state index in [0.717, 1.165) is 5.39 Å². The van der Waals surface area contributed by atoms with E-state index in [2.05, 4.69) is 4.98 Å². The summed E-state index contributed by atoms with van der Waals surface area (Å²) in [5.74, 6) is 0.195. The maximum absolute atomic E-state index is 9.65. The van der Waals surface area contributed by atoms with E-state index in [9.17, 15) is 5.11 Å². The van der Waals surface area contributed by atoms with Gasteiger partial charge >= 0.3 is 17.1 Å². The number of halogens is 2. The van der Waals surface area contributed by atoms with Gasteiger partial charge in [0.05, 0.1) is 8.59 Å². The van der Waals surface area contributed by atoms with Gasteiger partial charge in [0, 0.05) is 11.6 Å². The zero-order chi connectivity index (χ0) is 9.42. The Labute approximate surface area is 110 Å². The molecule has 1 N–H and O–H groups in total. The predicted octanol–water partition coefficient (Wildman–Crippen LogP) is 3.20. The molecular formula is C9H5ClCuINO+. The van der Waals surface area contributed by atoms with Crippen molar-refractivity contribution in [3.8, 4) is 5.75 Å². The maximum atomic E-state index is 9.65. The minimum atomic E-state index is 0. The van der Waals surface area contributed by atoms with Crippen LogP contribution >= 0.6 is 34.2 Å². The predicted molar refractivity (Wildman–Crippen MR) is 61.1 cm³/mol. The number of aromatic nitrogens is 1. The number of hydrogen-bond donors (Lipinski definition) is 1. The fourth-order valence-corrected chi connectivity index (χ4v) is 2.17. The van der Waals surface area contributed by atoms with Gasteiger partial charge in [0.25, 0.3) is 0 Å². The van der Waals surface area contributed by atoms with Gasteiger partial charge in [0.1, 0.15) is 5.52 Å². The van der Waals surface area contributed by atoms with E-state index >= 15 is 0 Å². The zero-order valence-corrected chi connectivity index (χ0v) is 10.6. The van der Waals surface area contributed by atoms with Gasteiger partial charge in [-0.2, -0.15) is 0 Å². The third-order valence-electron chi connectivity index (χ3n) is 1.77. The fraction of sp³-hybridized carbons (Fsp3) is 0. The van der Waals surface area contributed by atoms with Crippen molar-refractivity contribution in [2.75, 3.05) is 0 Å². The van der Waals surface area contributed by atoms with Gasteiger partial charge < -0.3 is 5.11 Å². The Morgan fingerprint density at radius 1 is 1.43 bits per heavy atom. The number of hydrogen-bond acceptors (Lipinski definition) is 2. The number of phenolic OH excluding ortho intramolecular Hbond substituents is 1. The van der Waals surface area contributed by atoms with Gasteiger partial charge in [-0.1, -0.05) is 11.6 Å². The Balaban J connectivity index is 0.000000980. The first-order valence-corrected chi connectivity index (χ1v) is 5.07. The summed E-state index contributed by atoms with van der Waals surface area (Å²) >= 11 is 8.00. The largest absolute Gasteiger partial charge is 1.00 e. The van der Waals surface area contributed by atoms with E-state index < -0.39 is 0 Å². The summed E-state index contributed by atoms with van der Waals surface area (Å²) in [5.41, 5.74) is 0.555. The molecule has 0 fully saturated rings. The van der Waals surface area contributed by atoms with E-state index in [1.807, 2.05) is 28.7 Å². The molecular weight excluding hydrogens is 364 g/mol. The second-order valence-electron chi connectivity index (χ2n) is 2.59. The maximum Gasteiger partial charge on any atom is 1.00 e. The molecule has 1 aromatic heterocycles. The zero-order valence-electron chi connectivity index (χ0n) is 6.76. The van der Waals surface area contributed by atoms with Crippen LogP contribution in [0.2, 0.25) is 5.02 Å². The van der Waals surface area contributed by atoms with Crippen molar-refractivity contribution < 1.29 is 22.2 Å². The van der Waals surface area contributed by atoms with Crippen molar-refractivity contribution in [1.82, 2.24) is 4.98 Å². The number of pyridine rings is 1. The van der Waals surface area contributed by atoms with E-state index in [0.29, 0.717) is 14.1 Å². The summed E-state index contributed by atoms with van der Waals surface area (Å²) < 4.78 is 0.716. The minimum absolute atomic E-state index is 0. The summed E-state index contributed by atoms with van der Waals surface area (Å²) in [4.78, 5) is 4.06. The first kappa shape index (κ1) is 12.0. The van der Waals surface area contributed by atoms with Crippen LogP contribution in [0.25, 0.3) is 10.9 Å². The van der Waals surface area contributed by atoms with Crippen LogP contribution in [0.3, 0.4) is 0 Å². The average Bonchev–Trinajstić information content (AvgIpc) is 2.15. The summed E-state index contributed by atoms with van der Waals surface area (Å²) in [6.07, 6.45) is 1.63. The first-order valence-electron chi connectivity index (χ1n) is 3.62. The monoisotopic (exact) mass is 368 g/mol. The summed E-state index contributed by atoms with van der Waals surface area (Å²) in [5, 5.41) is 11.0. The third-order valence-corrected chi connectivity index (χ3v) is 2.90. The molecule has 0 aliphatic heterocycles. The molecule has 1 heterocycles. The second-order valence-corrected chi connectivity index (χ2v) is 4.16. The Hall–Kier alpha value is -0.0305. The second kappa shape index (κ2) is 4.66. The molecule has 5 heteroatoms. The van der Waals surface area contributed by atoms with Crippen LogP contribution in [0.5, 0.6) is 5.75 Å². The summed E-state index contributed by atoms with van der Waals surface area (Å²) in [6.45, 7) is 0. The van der Waals surface area contributed by atoms with Crippen LogP contribution in [-0.4, -0.2) is 10.1 Å².